The minimum absolute atomic E-state index is 0.0319. The number of hydrogen-bond acceptors (Lipinski definition) is 3. The Morgan fingerprint density at radius 3 is 2.78 bits per heavy atom. The molecule has 0 radical (unpaired) electrons. The predicted octanol–water partition coefficient (Wildman–Crippen LogP) is 2.94. The van der Waals surface area contributed by atoms with Crippen LogP contribution in [-0.4, -0.2) is 9.97 Å². The summed E-state index contributed by atoms with van der Waals surface area (Å²) < 4.78 is 0. The molecule has 0 atom stereocenters. The number of H-pyrrole nitrogens is 1. The summed E-state index contributed by atoms with van der Waals surface area (Å²) in [5.74, 6) is 2.01. The second-order valence-electron chi connectivity index (χ2n) is 4.49. The van der Waals surface area contributed by atoms with Crippen molar-refractivity contribution in [2.75, 3.05) is 0 Å². The maximum atomic E-state index is 11.5. The van der Waals surface area contributed by atoms with Crippen LogP contribution in [0, 0.1) is 0 Å². The van der Waals surface area contributed by atoms with Gasteiger partial charge in [0, 0.05) is 16.9 Å². The standard InChI is InChI=1S/C14H14N2OS/c17-14-8-12(10-6-7-10)15-13(16-14)9-18-11-4-2-1-3-5-11/h1-5,8,10H,6-7,9H2,(H,15,16,17). The van der Waals surface area contributed by atoms with Gasteiger partial charge < -0.3 is 4.98 Å². The van der Waals surface area contributed by atoms with Crippen LogP contribution >= 0.6 is 11.8 Å². The molecule has 3 nitrogen and oxygen atoms in total. The summed E-state index contributed by atoms with van der Waals surface area (Å²) in [6.45, 7) is 0. The molecule has 1 heterocycles. The Hall–Kier alpha value is -1.55. The number of nitrogens with zero attached hydrogens (tertiary/aromatic N) is 1. The van der Waals surface area contributed by atoms with Crippen LogP contribution in [0.5, 0.6) is 0 Å². The SMILES string of the molecule is O=c1cc(C2CC2)nc(CSc2ccccc2)[nH]1. The van der Waals surface area contributed by atoms with Crippen molar-refractivity contribution in [1.29, 1.82) is 0 Å². The Bertz CT molecular complexity index is 590. The van der Waals surface area contributed by atoms with Crippen molar-refractivity contribution in [2.24, 2.45) is 0 Å². The van der Waals surface area contributed by atoms with Crippen LogP contribution in [0.1, 0.15) is 30.3 Å². The molecule has 0 bridgehead atoms. The zero-order chi connectivity index (χ0) is 12.4. The van der Waals surface area contributed by atoms with Crippen molar-refractivity contribution < 1.29 is 0 Å². The fourth-order valence-electron chi connectivity index (χ4n) is 1.85. The molecule has 0 saturated heterocycles. The van der Waals surface area contributed by atoms with E-state index < -0.39 is 0 Å². The summed E-state index contributed by atoms with van der Waals surface area (Å²) >= 11 is 1.69. The highest BCUT2D eigenvalue weighted by atomic mass is 32.2. The Morgan fingerprint density at radius 2 is 2.06 bits per heavy atom. The fraction of sp³-hybridized carbons (Fsp3) is 0.286. The van der Waals surface area contributed by atoms with Gasteiger partial charge in [-0.3, -0.25) is 4.79 Å². The van der Waals surface area contributed by atoms with Crippen molar-refractivity contribution in [3.05, 3.63) is 58.3 Å². The molecule has 2 aromatic rings. The van der Waals surface area contributed by atoms with Crippen molar-refractivity contribution >= 4 is 11.8 Å². The Kier molecular flexibility index (Phi) is 3.19. The van der Waals surface area contributed by atoms with Gasteiger partial charge in [-0.05, 0) is 25.0 Å². The highest BCUT2D eigenvalue weighted by molar-refractivity contribution is 7.98. The van der Waals surface area contributed by atoms with Gasteiger partial charge in [-0.2, -0.15) is 0 Å². The molecule has 0 spiro atoms. The number of aromatic nitrogens is 2. The molecule has 1 aliphatic rings. The van der Waals surface area contributed by atoms with Gasteiger partial charge in [0.1, 0.15) is 5.82 Å². The lowest BCUT2D eigenvalue weighted by atomic mass is 10.3. The third-order valence-corrected chi connectivity index (χ3v) is 3.95. The lowest BCUT2D eigenvalue weighted by Crippen LogP contribution is -2.11. The highest BCUT2D eigenvalue weighted by Gasteiger charge is 2.25. The first kappa shape index (κ1) is 11.5. The summed E-state index contributed by atoms with van der Waals surface area (Å²) in [7, 11) is 0. The van der Waals surface area contributed by atoms with E-state index in [2.05, 4.69) is 22.1 Å². The Labute approximate surface area is 110 Å². The molecule has 92 valence electrons. The monoisotopic (exact) mass is 258 g/mol. The van der Waals surface area contributed by atoms with Crippen LogP contribution in [0.2, 0.25) is 0 Å². The van der Waals surface area contributed by atoms with Gasteiger partial charge in [0.05, 0.1) is 11.4 Å². The number of benzene rings is 1. The predicted molar refractivity (Wildman–Crippen MR) is 72.8 cm³/mol. The van der Waals surface area contributed by atoms with Crippen LogP contribution < -0.4 is 5.56 Å². The van der Waals surface area contributed by atoms with E-state index in [0.717, 1.165) is 11.5 Å². The Morgan fingerprint density at radius 1 is 1.28 bits per heavy atom. The zero-order valence-corrected chi connectivity index (χ0v) is 10.7. The smallest absolute Gasteiger partial charge is 0.251 e. The third kappa shape index (κ3) is 2.82. The van der Waals surface area contributed by atoms with E-state index in [9.17, 15) is 4.79 Å². The van der Waals surface area contributed by atoms with Crippen LogP contribution in [0.4, 0.5) is 0 Å². The first-order chi connectivity index (χ1) is 8.81. The molecular formula is C14H14N2OS. The van der Waals surface area contributed by atoms with E-state index in [1.807, 2.05) is 18.2 Å². The third-order valence-electron chi connectivity index (χ3n) is 2.92. The normalized spacial score (nSPS) is 14.7. The summed E-state index contributed by atoms with van der Waals surface area (Å²) in [4.78, 5) is 20.1. The molecule has 4 heteroatoms. The second-order valence-corrected chi connectivity index (χ2v) is 5.54. The van der Waals surface area contributed by atoms with Gasteiger partial charge >= 0.3 is 0 Å². The van der Waals surface area contributed by atoms with E-state index in [-0.39, 0.29) is 5.56 Å². The average Bonchev–Trinajstić information content (AvgIpc) is 3.21. The largest absolute Gasteiger partial charge is 0.310 e. The molecule has 1 N–H and O–H groups in total. The minimum atomic E-state index is -0.0319. The zero-order valence-electron chi connectivity index (χ0n) is 9.93. The molecule has 0 aliphatic heterocycles. The number of hydrogen-bond donors (Lipinski definition) is 1. The van der Waals surface area contributed by atoms with Crippen LogP contribution in [0.15, 0.2) is 46.1 Å². The van der Waals surface area contributed by atoms with Crippen LogP contribution in [0.25, 0.3) is 0 Å². The molecule has 1 aromatic carbocycles. The van der Waals surface area contributed by atoms with Crippen molar-refractivity contribution in [1.82, 2.24) is 9.97 Å². The fourth-order valence-corrected chi connectivity index (χ4v) is 2.64. The van der Waals surface area contributed by atoms with Gasteiger partial charge in [-0.25, -0.2) is 4.98 Å². The lowest BCUT2D eigenvalue weighted by molar-refractivity contribution is 0.912. The number of nitrogens with one attached hydrogen (secondary N) is 1. The maximum Gasteiger partial charge on any atom is 0.251 e. The summed E-state index contributed by atoms with van der Waals surface area (Å²) in [5.41, 5.74) is 0.929. The molecule has 3 rings (SSSR count). The molecular weight excluding hydrogens is 244 g/mol. The summed E-state index contributed by atoms with van der Waals surface area (Å²) in [5, 5.41) is 0. The van der Waals surface area contributed by atoms with E-state index in [4.69, 9.17) is 0 Å². The molecule has 1 fully saturated rings. The molecule has 18 heavy (non-hydrogen) atoms. The topological polar surface area (TPSA) is 45.8 Å². The van der Waals surface area contributed by atoms with Crippen LogP contribution in [0.3, 0.4) is 0 Å². The van der Waals surface area contributed by atoms with Crippen molar-refractivity contribution in [2.45, 2.75) is 29.4 Å². The van der Waals surface area contributed by atoms with E-state index >= 15 is 0 Å². The van der Waals surface area contributed by atoms with Gasteiger partial charge in [0.25, 0.3) is 5.56 Å². The number of rotatable bonds is 4. The minimum Gasteiger partial charge on any atom is -0.310 e. The van der Waals surface area contributed by atoms with Crippen molar-refractivity contribution in [3.8, 4) is 0 Å². The average molecular weight is 258 g/mol. The van der Waals surface area contributed by atoms with Crippen LogP contribution in [-0.2, 0) is 5.75 Å². The molecule has 0 unspecified atom stereocenters. The summed E-state index contributed by atoms with van der Waals surface area (Å²) in [6, 6.07) is 11.8. The van der Waals surface area contributed by atoms with Gasteiger partial charge in [-0.15, -0.1) is 11.8 Å². The quantitative estimate of drug-likeness (QED) is 0.858. The van der Waals surface area contributed by atoms with Gasteiger partial charge in [0.15, 0.2) is 0 Å². The highest BCUT2D eigenvalue weighted by Crippen LogP contribution is 2.38. The van der Waals surface area contributed by atoms with E-state index in [0.29, 0.717) is 11.7 Å². The molecule has 1 aliphatic carbocycles. The Balaban J connectivity index is 1.74. The van der Waals surface area contributed by atoms with E-state index in [1.54, 1.807) is 17.8 Å². The van der Waals surface area contributed by atoms with Gasteiger partial charge in [-0.1, -0.05) is 18.2 Å². The summed E-state index contributed by atoms with van der Waals surface area (Å²) in [6.07, 6.45) is 2.34. The maximum absolute atomic E-state index is 11.5. The molecule has 1 saturated carbocycles. The van der Waals surface area contributed by atoms with E-state index in [1.165, 1.54) is 17.7 Å². The van der Waals surface area contributed by atoms with Crippen molar-refractivity contribution in [3.63, 3.8) is 0 Å². The lowest BCUT2D eigenvalue weighted by Gasteiger charge is -2.03. The van der Waals surface area contributed by atoms with Gasteiger partial charge in [0.2, 0.25) is 0 Å². The number of aromatic amines is 1. The second kappa shape index (κ2) is 4.98. The first-order valence-electron chi connectivity index (χ1n) is 6.09. The number of thioether (sulfide) groups is 1. The first-order valence-corrected chi connectivity index (χ1v) is 7.08. The molecule has 0 amide bonds. The molecule has 1 aromatic heterocycles.